The molecule has 0 unspecified atom stereocenters. The molecular formula is C18H18F3NO3S. The highest BCUT2D eigenvalue weighted by molar-refractivity contribution is 7.99. The van der Waals surface area contributed by atoms with E-state index in [4.69, 9.17) is 9.47 Å². The second-order valence-corrected chi connectivity index (χ2v) is 6.33. The zero-order valence-electron chi connectivity index (χ0n) is 14.2. The summed E-state index contributed by atoms with van der Waals surface area (Å²) in [7, 11) is 3.01. The van der Waals surface area contributed by atoms with Crippen LogP contribution in [0.2, 0.25) is 0 Å². The summed E-state index contributed by atoms with van der Waals surface area (Å²) in [4.78, 5) is 12.6. The third kappa shape index (κ3) is 5.87. The van der Waals surface area contributed by atoms with E-state index in [1.54, 1.807) is 42.5 Å². The zero-order chi connectivity index (χ0) is 19.2. The van der Waals surface area contributed by atoms with Crippen LogP contribution in [0.1, 0.15) is 5.56 Å². The standard InChI is InChI=1S/C18H18F3NO3S/c1-24-14-8-7-12(9-15(14)25-2)10-17(23)22-13-5-3-4-6-16(13)26-11-18(19,20)21/h3-9H,10-11H2,1-2H3,(H,22,23). The van der Waals surface area contributed by atoms with Gasteiger partial charge in [0.25, 0.3) is 0 Å². The van der Waals surface area contributed by atoms with Crippen molar-refractivity contribution in [3.05, 3.63) is 48.0 Å². The van der Waals surface area contributed by atoms with Gasteiger partial charge in [-0.15, -0.1) is 11.8 Å². The Kier molecular flexibility index (Phi) is 6.79. The fraction of sp³-hybridized carbons (Fsp3) is 0.278. The Morgan fingerprint density at radius 3 is 2.42 bits per heavy atom. The number of carbonyl (C=O) groups excluding carboxylic acids is 1. The molecular weight excluding hydrogens is 367 g/mol. The maximum Gasteiger partial charge on any atom is 0.398 e. The summed E-state index contributed by atoms with van der Waals surface area (Å²) >= 11 is 0.637. The predicted molar refractivity (Wildman–Crippen MR) is 95.1 cm³/mol. The topological polar surface area (TPSA) is 47.6 Å². The number of benzene rings is 2. The van der Waals surface area contributed by atoms with E-state index in [2.05, 4.69) is 5.32 Å². The monoisotopic (exact) mass is 385 g/mol. The molecule has 0 fully saturated rings. The largest absolute Gasteiger partial charge is 0.493 e. The number of hydrogen-bond donors (Lipinski definition) is 1. The summed E-state index contributed by atoms with van der Waals surface area (Å²) in [6.07, 6.45) is -4.22. The molecule has 0 heterocycles. The van der Waals surface area contributed by atoms with E-state index in [0.29, 0.717) is 39.4 Å². The molecule has 0 bridgehead atoms. The second-order valence-electron chi connectivity index (χ2n) is 5.31. The van der Waals surface area contributed by atoms with Crippen LogP contribution in [0.4, 0.5) is 18.9 Å². The van der Waals surface area contributed by atoms with Crippen LogP contribution in [-0.4, -0.2) is 32.1 Å². The molecule has 1 amide bonds. The molecule has 0 aliphatic rings. The van der Waals surface area contributed by atoms with Crippen LogP contribution in [0.3, 0.4) is 0 Å². The van der Waals surface area contributed by atoms with E-state index in [0.717, 1.165) is 0 Å². The van der Waals surface area contributed by atoms with Crippen LogP contribution in [-0.2, 0) is 11.2 Å². The van der Waals surface area contributed by atoms with Gasteiger partial charge < -0.3 is 14.8 Å². The van der Waals surface area contributed by atoms with E-state index >= 15 is 0 Å². The van der Waals surface area contributed by atoms with Crippen molar-refractivity contribution in [1.29, 1.82) is 0 Å². The number of halogens is 3. The first kappa shape index (κ1) is 20.0. The Hall–Kier alpha value is -2.35. The van der Waals surface area contributed by atoms with E-state index < -0.39 is 11.9 Å². The number of nitrogens with one attached hydrogen (secondary N) is 1. The molecule has 0 atom stereocenters. The molecule has 0 spiro atoms. The van der Waals surface area contributed by atoms with Gasteiger partial charge in [-0.25, -0.2) is 0 Å². The van der Waals surface area contributed by atoms with Crippen LogP contribution >= 0.6 is 11.8 Å². The van der Waals surface area contributed by atoms with Gasteiger partial charge >= 0.3 is 6.18 Å². The summed E-state index contributed by atoms with van der Waals surface area (Å²) in [5.74, 6) is -0.308. The van der Waals surface area contributed by atoms with Crippen molar-refractivity contribution in [1.82, 2.24) is 0 Å². The summed E-state index contributed by atoms with van der Waals surface area (Å²) in [5, 5.41) is 2.66. The number of amides is 1. The number of anilines is 1. The van der Waals surface area contributed by atoms with E-state index in [-0.39, 0.29) is 12.3 Å². The van der Waals surface area contributed by atoms with E-state index in [9.17, 15) is 18.0 Å². The first-order valence-corrected chi connectivity index (χ1v) is 8.60. The summed E-state index contributed by atoms with van der Waals surface area (Å²) < 4.78 is 47.6. The summed E-state index contributed by atoms with van der Waals surface area (Å²) in [5.41, 5.74) is 1.05. The Bertz CT molecular complexity index is 766. The van der Waals surface area contributed by atoms with Crippen LogP contribution in [0, 0.1) is 0 Å². The van der Waals surface area contributed by atoms with E-state index in [1.165, 1.54) is 14.2 Å². The maximum absolute atomic E-state index is 12.4. The number of thioether (sulfide) groups is 1. The van der Waals surface area contributed by atoms with Crippen molar-refractivity contribution in [2.24, 2.45) is 0 Å². The average Bonchev–Trinajstić information content (AvgIpc) is 2.60. The quantitative estimate of drug-likeness (QED) is 0.711. The van der Waals surface area contributed by atoms with Crippen molar-refractivity contribution in [3.8, 4) is 11.5 Å². The fourth-order valence-corrected chi connectivity index (χ4v) is 2.99. The van der Waals surface area contributed by atoms with Crippen LogP contribution < -0.4 is 14.8 Å². The number of rotatable bonds is 7. The lowest BCUT2D eigenvalue weighted by atomic mass is 10.1. The number of ether oxygens (including phenoxy) is 2. The molecule has 0 radical (unpaired) electrons. The minimum atomic E-state index is -4.28. The molecule has 2 rings (SSSR count). The molecule has 2 aromatic carbocycles. The van der Waals surface area contributed by atoms with Gasteiger partial charge in [0.05, 0.1) is 32.1 Å². The molecule has 1 N–H and O–H groups in total. The molecule has 8 heteroatoms. The minimum Gasteiger partial charge on any atom is -0.493 e. The number of alkyl halides is 3. The average molecular weight is 385 g/mol. The van der Waals surface area contributed by atoms with Gasteiger partial charge in [0.2, 0.25) is 5.91 Å². The molecule has 0 aliphatic heterocycles. The molecule has 0 saturated heterocycles. The Labute approximate surface area is 153 Å². The molecule has 0 aliphatic carbocycles. The molecule has 0 aromatic heterocycles. The first-order chi connectivity index (χ1) is 12.3. The maximum atomic E-state index is 12.4. The summed E-state index contributed by atoms with van der Waals surface area (Å²) in [6.45, 7) is 0. The lowest BCUT2D eigenvalue weighted by Crippen LogP contribution is -2.15. The van der Waals surface area contributed by atoms with Gasteiger partial charge in [-0.1, -0.05) is 18.2 Å². The highest BCUT2D eigenvalue weighted by Gasteiger charge is 2.27. The SMILES string of the molecule is COc1ccc(CC(=O)Nc2ccccc2SCC(F)(F)F)cc1OC. The van der Waals surface area contributed by atoms with Crippen molar-refractivity contribution < 1.29 is 27.4 Å². The molecule has 2 aromatic rings. The van der Waals surface area contributed by atoms with Gasteiger partial charge in [-0.2, -0.15) is 13.2 Å². The van der Waals surface area contributed by atoms with Crippen molar-refractivity contribution in [2.45, 2.75) is 17.5 Å². The predicted octanol–water partition coefficient (Wildman–Crippen LogP) is 4.54. The molecule has 26 heavy (non-hydrogen) atoms. The molecule has 4 nitrogen and oxygen atoms in total. The lowest BCUT2D eigenvalue weighted by Gasteiger charge is -2.13. The normalized spacial score (nSPS) is 11.1. The Morgan fingerprint density at radius 1 is 1.08 bits per heavy atom. The number of carbonyl (C=O) groups is 1. The van der Waals surface area contributed by atoms with Crippen molar-refractivity contribution >= 4 is 23.4 Å². The van der Waals surface area contributed by atoms with Crippen LogP contribution in [0.25, 0.3) is 0 Å². The number of hydrogen-bond acceptors (Lipinski definition) is 4. The highest BCUT2D eigenvalue weighted by atomic mass is 32.2. The molecule has 0 saturated carbocycles. The Morgan fingerprint density at radius 2 is 1.77 bits per heavy atom. The first-order valence-electron chi connectivity index (χ1n) is 7.61. The smallest absolute Gasteiger partial charge is 0.398 e. The van der Waals surface area contributed by atoms with E-state index in [1.807, 2.05) is 0 Å². The molecule has 140 valence electrons. The highest BCUT2D eigenvalue weighted by Crippen LogP contribution is 2.32. The van der Waals surface area contributed by atoms with Crippen molar-refractivity contribution in [2.75, 3.05) is 25.3 Å². The second kappa shape index (κ2) is 8.84. The lowest BCUT2D eigenvalue weighted by molar-refractivity contribution is -0.115. The van der Waals surface area contributed by atoms with Crippen LogP contribution in [0.15, 0.2) is 47.4 Å². The van der Waals surface area contributed by atoms with Gasteiger partial charge in [0, 0.05) is 4.90 Å². The van der Waals surface area contributed by atoms with Crippen LogP contribution in [0.5, 0.6) is 11.5 Å². The third-order valence-electron chi connectivity index (χ3n) is 3.37. The minimum absolute atomic E-state index is 0.0542. The van der Waals surface area contributed by atoms with Gasteiger partial charge in [-0.3, -0.25) is 4.79 Å². The van der Waals surface area contributed by atoms with Gasteiger partial charge in [0.15, 0.2) is 11.5 Å². The zero-order valence-corrected chi connectivity index (χ0v) is 15.0. The fourth-order valence-electron chi connectivity index (χ4n) is 2.23. The van der Waals surface area contributed by atoms with Gasteiger partial charge in [0.1, 0.15) is 0 Å². The summed E-state index contributed by atoms with van der Waals surface area (Å²) in [6, 6.07) is 11.5. The number of methoxy groups -OCH3 is 2. The van der Waals surface area contributed by atoms with Gasteiger partial charge in [-0.05, 0) is 29.8 Å². The Balaban J connectivity index is 2.06. The van der Waals surface area contributed by atoms with Crippen molar-refractivity contribution in [3.63, 3.8) is 0 Å². The number of para-hydroxylation sites is 1. The third-order valence-corrected chi connectivity index (χ3v) is 4.50.